The Morgan fingerprint density at radius 3 is 2.44 bits per heavy atom. The minimum Gasteiger partial charge on any atom is -0.339 e. The minimum atomic E-state index is 0.215. The van der Waals surface area contributed by atoms with Crippen LogP contribution in [0, 0.1) is 11.8 Å². The van der Waals surface area contributed by atoms with Crippen LogP contribution in [0.1, 0.15) is 34.3 Å². The predicted octanol–water partition coefficient (Wildman–Crippen LogP) is 3.33. The molecule has 2 heterocycles. The number of carbonyl (C=O) groups excluding carboxylic acids is 1. The van der Waals surface area contributed by atoms with E-state index in [2.05, 4.69) is 46.6 Å². The molecule has 0 unspecified atom stereocenters. The number of benzene rings is 2. The zero-order valence-electron chi connectivity index (χ0n) is 14.5. The molecule has 2 aromatic carbocycles. The Balaban J connectivity index is 1.37. The molecule has 0 radical (unpaired) electrons. The van der Waals surface area contributed by atoms with Gasteiger partial charge < -0.3 is 10.2 Å². The number of carbonyl (C=O) groups is 1. The van der Waals surface area contributed by atoms with E-state index in [1.165, 1.54) is 22.3 Å². The van der Waals surface area contributed by atoms with Gasteiger partial charge in [-0.15, -0.1) is 0 Å². The summed E-state index contributed by atoms with van der Waals surface area (Å²) in [5, 5.41) is 3.50. The van der Waals surface area contributed by atoms with Crippen LogP contribution in [0.3, 0.4) is 0 Å². The zero-order chi connectivity index (χ0) is 16.8. The second-order valence-corrected chi connectivity index (χ2v) is 7.75. The van der Waals surface area contributed by atoms with E-state index in [4.69, 9.17) is 0 Å². The van der Waals surface area contributed by atoms with Gasteiger partial charge in [0.25, 0.3) is 5.91 Å². The highest BCUT2D eigenvalue weighted by atomic mass is 16.2. The predicted molar refractivity (Wildman–Crippen MR) is 99.7 cm³/mol. The maximum Gasteiger partial charge on any atom is 0.253 e. The van der Waals surface area contributed by atoms with Gasteiger partial charge in [-0.1, -0.05) is 30.3 Å². The largest absolute Gasteiger partial charge is 0.339 e. The van der Waals surface area contributed by atoms with Gasteiger partial charge in [0.05, 0.1) is 0 Å². The van der Waals surface area contributed by atoms with Crippen LogP contribution in [0.25, 0.3) is 11.1 Å². The third-order valence-corrected chi connectivity index (χ3v) is 6.35. The molecule has 128 valence electrons. The van der Waals surface area contributed by atoms with Gasteiger partial charge in [0.1, 0.15) is 0 Å². The molecule has 0 spiro atoms. The highest BCUT2D eigenvalue weighted by Crippen LogP contribution is 2.37. The molecular formula is C22H24N2O. The number of fused-ring (bicyclic) bond motifs is 4. The first-order valence-electron chi connectivity index (χ1n) is 9.51. The van der Waals surface area contributed by atoms with Crippen molar-refractivity contribution in [1.29, 1.82) is 0 Å². The Hall–Kier alpha value is -2.13. The van der Waals surface area contributed by atoms with E-state index < -0.39 is 0 Å². The smallest absolute Gasteiger partial charge is 0.253 e. The van der Waals surface area contributed by atoms with Crippen LogP contribution in [-0.4, -0.2) is 37.0 Å². The van der Waals surface area contributed by atoms with Crippen LogP contribution < -0.4 is 5.32 Å². The summed E-state index contributed by atoms with van der Waals surface area (Å²) in [6.45, 7) is 4.06. The number of likely N-dealkylation sites (tertiary alicyclic amines) is 1. The molecule has 2 fully saturated rings. The van der Waals surface area contributed by atoms with E-state index in [1.54, 1.807) is 0 Å². The van der Waals surface area contributed by atoms with Crippen molar-refractivity contribution in [2.45, 2.75) is 19.3 Å². The molecule has 3 aliphatic rings. The van der Waals surface area contributed by atoms with E-state index in [-0.39, 0.29) is 5.91 Å². The fraction of sp³-hybridized carbons (Fsp3) is 0.409. The average molecular weight is 332 g/mol. The van der Waals surface area contributed by atoms with E-state index in [9.17, 15) is 4.79 Å². The topological polar surface area (TPSA) is 32.3 Å². The van der Waals surface area contributed by atoms with Crippen molar-refractivity contribution in [2.24, 2.45) is 11.8 Å². The van der Waals surface area contributed by atoms with Crippen LogP contribution in [0.2, 0.25) is 0 Å². The average Bonchev–Trinajstić information content (AvgIpc) is 3.19. The van der Waals surface area contributed by atoms with Gasteiger partial charge in [-0.3, -0.25) is 4.79 Å². The number of hydrogen-bond acceptors (Lipinski definition) is 2. The molecule has 2 aliphatic heterocycles. The van der Waals surface area contributed by atoms with Crippen molar-refractivity contribution >= 4 is 5.91 Å². The SMILES string of the molecule is O=C(c1ccc2c(c1)Cc1ccccc1-2)N1CC[C@@H]2CNC[C@@H]2CC1. The van der Waals surface area contributed by atoms with Gasteiger partial charge >= 0.3 is 0 Å². The second kappa shape index (κ2) is 5.99. The maximum absolute atomic E-state index is 13.1. The summed E-state index contributed by atoms with van der Waals surface area (Å²) in [5.74, 6) is 1.73. The van der Waals surface area contributed by atoms with Crippen LogP contribution in [0.15, 0.2) is 42.5 Å². The highest BCUT2D eigenvalue weighted by Gasteiger charge is 2.32. The summed E-state index contributed by atoms with van der Waals surface area (Å²) < 4.78 is 0. The van der Waals surface area contributed by atoms with E-state index in [0.29, 0.717) is 0 Å². The monoisotopic (exact) mass is 332 g/mol. The second-order valence-electron chi connectivity index (χ2n) is 7.75. The first kappa shape index (κ1) is 15.2. The summed E-state index contributed by atoms with van der Waals surface area (Å²) in [6.07, 6.45) is 3.22. The Morgan fingerprint density at radius 2 is 1.64 bits per heavy atom. The first-order chi connectivity index (χ1) is 12.3. The third-order valence-electron chi connectivity index (χ3n) is 6.35. The Bertz CT molecular complexity index is 815. The van der Waals surface area contributed by atoms with Gasteiger partial charge in [0.15, 0.2) is 0 Å². The minimum absolute atomic E-state index is 0.215. The molecule has 1 N–H and O–H groups in total. The van der Waals surface area contributed by atoms with Gasteiger partial charge in [-0.2, -0.15) is 0 Å². The third kappa shape index (κ3) is 2.58. The Labute approximate surface area is 149 Å². The van der Waals surface area contributed by atoms with Crippen molar-refractivity contribution < 1.29 is 4.79 Å². The summed E-state index contributed by atoms with van der Waals surface area (Å²) >= 11 is 0. The molecule has 0 aromatic heterocycles. The van der Waals surface area contributed by atoms with E-state index in [1.807, 2.05) is 6.07 Å². The molecule has 2 atom stereocenters. The van der Waals surface area contributed by atoms with Crippen LogP contribution in [-0.2, 0) is 6.42 Å². The lowest BCUT2D eigenvalue weighted by Gasteiger charge is -2.21. The molecule has 0 bridgehead atoms. The van der Waals surface area contributed by atoms with Crippen molar-refractivity contribution in [3.63, 3.8) is 0 Å². The molecule has 1 aliphatic carbocycles. The number of amides is 1. The lowest BCUT2D eigenvalue weighted by atomic mass is 9.92. The van der Waals surface area contributed by atoms with Gasteiger partial charge in [-0.05, 0) is 78.6 Å². The van der Waals surface area contributed by atoms with Crippen molar-refractivity contribution in [2.75, 3.05) is 26.2 Å². The number of nitrogens with one attached hydrogen (secondary N) is 1. The number of rotatable bonds is 1. The standard InChI is InChI=1S/C22H24N2O/c25-22(24-9-7-17-13-23-14-18(17)8-10-24)16-5-6-21-19(12-16)11-15-3-1-2-4-20(15)21/h1-6,12,17-18,23H,7-11,13-14H2/t17-,18+. The molecule has 5 rings (SSSR count). The van der Waals surface area contributed by atoms with Gasteiger partial charge in [-0.25, -0.2) is 0 Å². The fourth-order valence-corrected chi connectivity index (χ4v) is 4.88. The molecule has 3 nitrogen and oxygen atoms in total. The summed E-state index contributed by atoms with van der Waals surface area (Å²) in [6, 6.07) is 14.9. The summed E-state index contributed by atoms with van der Waals surface area (Å²) in [5.41, 5.74) is 6.15. The summed E-state index contributed by atoms with van der Waals surface area (Å²) in [4.78, 5) is 15.1. The molecule has 2 saturated heterocycles. The Morgan fingerprint density at radius 1 is 0.920 bits per heavy atom. The molecule has 1 amide bonds. The normalized spacial score (nSPS) is 24.4. The quantitative estimate of drug-likeness (QED) is 0.741. The molecule has 25 heavy (non-hydrogen) atoms. The van der Waals surface area contributed by atoms with Crippen LogP contribution >= 0.6 is 0 Å². The van der Waals surface area contributed by atoms with Crippen molar-refractivity contribution in [3.05, 3.63) is 59.2 Å². The van der Waals surface area contributed by atoms with Gasteiger partial charge in [0, 0.05) is 18.7 Å². The lowest BCUT2D eigenvalue weighted by Crippen LogP contribution is -2.32. The van der Waals surface area contributed by atoms with Crippen LogP contribution in [0.5, 0.6) is 0 Å². The van der Waals surface area contributed by atoms with Crippen molar-refractivity contribution in [1.82, 2.24) is 10.2 Å². The zero-order valence-corrected chi connectivity index (χ0v) is 14.5. The van der Waals surface area contributed by atoms with Crippen LogP contribution in [0.4, 0.5) is 0 Å². The molecule has 2 aromatic rings. The molecule has 0 saturated carbocycles. The fourth-order valence-electron chi connectivity index (χ4n) is 4.88. The maximum atomic E-state index is 13.1. The van der Waals surface area contributed by atoms with E-state index in [0.717, 1.165) is 62.8 Å². The lowest BCUT2D eigenvalue weighted by molar-refractivity contribution is 0.0758. The number of hydrogen-bond donors (Lipinski definition) is 1. The molecular weight excluding hydrogens is 308 g/mol. The van der Waals surface area contributed by atoms with Crippen molar-refractivity contribution in [3.8, 4) is 11.1 Å². The first-order valence-corrected chi connectivity index (χ1v) is 9.51. The Kier molecular flexibility index (Phi) is 3.63. The van der Waals surface area contributed by atoms with E-state index >= 15 is 0 Å². The highest BCUT2D eigenvalue weighted by molar-refractivity contribution is 5.95. The summed E-state index contributed by atoms with van der Waals surface area (Å²) in [7, 11) is 0. The van der Waals surface area contributed by atoms with Gasteiger partial charge in [0.2, 0.25) is 0 Å². The molecule has 3 heteroatoms. The number of nitrogens with zero attached hydrogens (tertiary/aromatic N) is 1.